The standard InChI is InChI=1S/C20H22N6O3S/c1-14-5-7-17(30(28,29)25-9-3-4-10-25)12-18(14)20(27)22-16-6-8-19(15(2)11-16)26-13-21-23-24-26/h5-8,11-13H,3-4,9-10H2,1-2H3,(H,22,27). The topological polar surface area (TPSA) is 110 Å². The van der Waals surface area contributed by atoms with Gasteiger partial charge in [0.05, 0.1) is 10.6 Å². The van der Waals surface area contributed by atoms with Crippen molar-refractivity contribution < 1.29 is 13.2 Å². The smallest absolute Gasteiger partial charge is 0.255 e. The number of nitrogens with one attached hydrogen (secondary N) is 1. The van der Waals surface area contributed by atoms with Crippen LogP contribution in [0.5, 0.6) is 0 Å². The Morgan fingerprint density at radius 3 is 2.47 bits per heavy atom. The number of carbonyl (C=O) groups is 1. The third-order valence-electron chi connectivity index (χ3n) is 5.21. The van der Waals surface area contributed by atoms with Gasteiger partial charge >= 0.3 is 0 Å². The van der Waals surface area contributed by atoms with Gasteiger partial charge in [-0.05, 0) is 78.6 Å². The summed E-state index contributed by atoms with van der Waals surface area (Å²) in [5.74, 6) is -0.361. The fourth-order valence-corrected chi connectivity index (χ4v) is 5.09. The summed E-state index contributed by atoms with van der Waals surface area (Å²) >= 11 is 0. The van der Waals surface area contributed by atoms with Crippen LogP contribution in [0.1, 0.15) is 34.3 Å². The lowest BCUT2D eigenvalue weighted by atomic mass is 10.1. The molecule has 156 valence electrons. The lowest BCUT2D eigenvalue weighted by molar-refractivity contribution is 0.102. The van der Waals surface area contributed by atoms with Crippen LogP contribution < -0.4 is 5.32 Å². The minimum absolute atomic E-state index is 0.144. The maximum Gasteiger partial charge on any atom is 0.255 e. The average molecular weight is 427 g/mol. The summed E-state index contributed by atoms with van der Waals surface area (Å²) in [7, 11) is -3.59. The highest BCUT2D eigenvalue weighted by atomic mass is 32.2. The molecule has 0 saturated carbocycles. The second-order valence-electron chi connectivity index (χ2n) is 7.30. The van der Waals surface area contributed by atoms with Crippen LogP contribution >= 0.6 is 0 Å². The molecule has 0 aliphatic carbocycles. The minimum atomic E-state index is -3.59. The van der Waals surface area contributed by atoms with Crippen LogP contribution in [0.15, 0.2) is 47.6 Å². The number of anilines is 1. The Hall–Kier alpha value is -3.11. The van der Waals surface area contributed by atoms with E-state index < -0.39 is 10.0 Å². The van der Waals surface area contributed by atoms with Gasteiger partial charge in [0.1, 0.15) is 6.33 Å². The number of tetrazole rings is 1. The van der Waals surface area contributed by atoms with Crippen LogP contribution in [0.4, 0.5) is 5.69 Å². The molecule has 1 aliphatic rings. The van der Waals surface area contributed by atoms with Crippen molar-refractivity contribution in [1.29, 1.82) is 0 Å². The molecular formula is C20H22N6O3S. The van der Waals surface area contributed by atoms with Gasteiger partial charge in [0.15, 0.2) is 0 Å². The predicted molar refractivity (Wildman–Crippen MR) is 111 cm³/mol. The predicted octanol–water partition coefficient (Wildman–Crippen LogP) is 2.32. The number of benzene rings is 2. The number of hydrogen-bond acceptors (Lipinski definition) is 6. The summed E-state index contributed by atoms with van der Waals surface area (Å²) in [6, 6.07) is 10.1. The Balaban J connectivity index is 1.58. The second kappa shape index (κ2) is 7.96. The van der Waals surface area contributed by atoms with Gasteiger partial charge in [-0.1, -0.05) is 6.07 Å². The lowest BCUT2D eigenvalue weighted by Crippen LogP contribution is -2.28. The number of hydrogen-bond donors (Lipinski definition) is 1. The van der Waals surface area contributed by atoms with Gasteiger partial charge in [-0.3, -0.25) is 4.79 Å². The first kappa shape index (κ1) is 20.2. The van der Waals surface area contributed by atoms with Crippen molar-refractivity contribution in [3.63, 3.8) is 0 Å². The number of aryl methyl sites for hydroxylation is 2. The highest BCUT2D eigenvalue weighted by Gasteiger charge is 2.28. The number of sulfonamides is 1. The lowest BCUT2D eigenvalue weighted by Gasteiger charge is -2.17. The highest BCUT2D eigenvalue weighted by Crippen LogP contribution is 2.24. The maximum atomic E-state index is 12.9. The van der Waals surface area contributed by atoms with Crippen molar-refractivity contribution >= 4 is 21.6 Å². The Labute approximate surface area is 174 Å². The Morgan fingerprint density at radius 2 is 1.80 bits per heavy atom. The van der Waals surface area contributed by atoms with E-state index in [1.54, 1.807) is 25.1 Å². The summed E-state index contributed by atoms with van der Waals surface area (Å²) < 4.78 is 28.7. The van der Waals surface area contributed by atoms with E-state index in [-0.39, 0.29) is 10.8 Å². The van der Waals surface area contributed by atoms with Gasteiger partial charge < -0.3 is 5.32 Å². The minimum Gasteiger partial charge on any atom is -0.322 e. The van der Waals surface area contributed by atoms with Crippen molar-refractivity contribution in [2.24, 2.45) is 0 Å². The van der Waals surface area contributed by atoms with Crippen molar-refractivity contribution in [3.8, 4) is 5.69 Å². The summed E-state index contributed by atoms with van der Waals surface area (Å²) in [6.45, 7) is 4.71. The third kappa shape index (κ3) is 3.83. The number of rotatable bonds is 5. The first-order valence-electron chi connectivity index (χ1n) is 9.62. The molecule has 0 unspecified atom stereocenters. The van der Waals surface area contributed by atoms with Crippen LogP contribution in [-0.4, -0.2) is 51.9 Å². The number of carbonyl (C=O) groups excluding carboxylic acids is 1. The van der Waals surface area contributed by atoms with E-state index in [1.807, 2.05) is 19.1 Å². The van der Waals surface area contributed by atoms with Gasteiger partial charge in [0.25, 0.3) is 5.91 Å². The Morgan fingerprint density at radius 1 is 1.03 bits per heavy atom. The second-order valence-corrected chi connectivity index (χ2v) is 9.24. The zero-order chi connectivity index (χ0) is 21.3. The van der Waals surface area contributed by atoms with Crippen LogP contribution in [0.2, 0.25) is 0 Å². The molecule has 2 aromatic carbocycles. The fourth-order valence-electron chi connectivity index (χ4n) is 3.54. The largest absolute Gasteiger partial charge is 0.322 e. The molecule has 2 heterocycles. The molecule has 0 radical (unpaired) electrons. The van der Waals surface area contributed by atoms with Crippen LogP contribution in [-0.2, 0) is 10.0 Å². The monoisotopic (exact) mass is 426 g/mol. The maximum absolute atomic E-state index is 12.9. The van der Waals surface area contributed by atoms with E-state index in [1.165, 1.54) is 21.4 Å². The van der Waals surface area contributed by atoms with Crippen molar-refractivity contribution in [3.05, 3.63) is 59.4 Å². The highest BCUT2D eigenvalue weighted by molar-refractivity contribution is 7.89. The number of amides is 1. The average Bonchev–Trinajstić information content (AvgIpc) is 3.43. The Bertz CT molecular complexity index is 1190. The third-order valence-corrected chi connectivity index (χ3v) is 7.10. The molecule has 9 nitrogen and oxygen atoms in total. The number of aromatic nitrogens is 4. The van der Waals surface area contributed by atoms with E-state index in [2.05, 4.69) is 20.8 Å². The van der Waals surface area contributed by atoms with E-state index in [4.69, 9.17) is 0 Å². The van der Waals surface area contributed by atoms with E-state index in [0.29, 0.717) is 29.9 Å². The molecule has 1 N–H and O–H groups in total. The molecule has 0 atom stereocenters. The number of nitrogens with zero attached hydrogens (tertiary/aromatic N) is 5. The van der Waals surface area contributed by atoms with Crippen LogP contribution in [0.3, 0.4) is 0 Å². The molecule has 0 bridgehead atoms. The SMILES string of the molecule is Cc1ccc(S(=O)(=O)N2CCCC2)cc1C(=O)Nc1ccc(-n2cnnn2)c(C)c1. The van der Waals surface area contributed by atoms with Crippen molar-refractivity contribution in [1.82, 2.24) is 24.5 Å². The van der Waals surface area contributed by atoms with Gasteiger partial charge in [0.2, 0.25) is 10.0 Å². The van der Waals surface area contributed by atoms with Crippen molar-refractivity contribution in [2.45, 2.75) is 31.6 Å². The first-order chi connectivity index (χ1) is 14.4. The van der Waals surface area contributed by atoms with Gasteiger partial charge in [-0.2, -0.15) is 4.31 Å². The van der Waals surface area contributed by atoms with Gasteiger partial charge in [0, 0.05) is 24.3 Å². The van der Waals surface area contributed by atoms with Crippen molar-refractivity contribution in [2.75, 3.05) is 18.4 Å². The molecule has 10 heteroatoms. The summed E-state index contributed by atoms with van der Waals surface area (Å²) in [6.07, 6.45) is 3.22. The molecule has 1 aromatic heterocycles. The van der Waals surface area contributed by atoms with E-state index in [9.17, 15) is 13.2 Å². The summed E-state index contributed by atoms with van der Waals surface area (Å²) in [4.78, 5) is 13.0. The normalized spacial score (nSPS) is 14.7. The van der Waals surface area contributed by atoms with E-state index >= 15 is 0 Å². The Kier molecular flexibility index (Phi) is 5.35. The molecule has 3 aromatic rings. The fraction of sp³-hybridized carbons (Fsp3) is 0.300. The molecule has 1 fully saturated rings. The first-order valence-corrected chi connectivity index (χ1v) is 11.1. The van der Waals surface area contributed by atoms with Crippen LogP contribution in [0.25, 0.3) is 5.69 Å². The van der Waals surface area contributed by atoms with Gasteiger partial charge in [-0.25, -0.2) is 13.1 Å². The van der Waals surface area contributed by atoms with Gasteiger partial charge in [-0.15, -0.1) is 5.10 Å². The zero-order valence-electron chi connectivity index (χ0n) is 16.7. The molecule has 30 heavy (non-hydrogen) atoms. The molecule has 0 spiro atoms. The molecule has 1 aliphatic heterocycles. The van der Waals surface area contributed by atoms with Crippen LogP contribution in [0, 0.1) is 13.8 Å². The molecule has 1 saturated heterocycles. The quantitative estimate of drug-likeness (QED) is 0.670. The molecule has 1 amide bonds. The molecule has 4 rings (SSSR count). The summed E-state index contributed by atoms with van der Waals surface area (Å²) in [5.41, 5.74) is 3.31. The summed E-state index contributed by atoms with van der Waals surface area (Å²) in [5, 5.41) is 14.0. The van der Waals surface area contributed by atoms with E-state index in [0.717, 1.165) is 24.1 Å². The molecular weight excluding hydrogens is 404 g/mol. The zero-order valence-corrected chi connectivity index (χ0v) is 17.6.